The van der Waals surface area contributed by atoms with E-state index in [0.717, 1.165) is 0 Å². The van der Waals surface area contributed by atoms with E-state index in [4.69, 9.17) is 4.74 Å². The number of allylic oxidation sites excluding steroid dienone is 6. The summed E-state index contributed by atoms with van der Waals surface area (Å²) in [5, 5.41) is 29.0. The molecule has 3 unspecified atom stereocenters. The van der Waals surface area contributed by atoms with Gasteiger partial charge in [0.15, 0.2) is 0 Å². The van der Waals surface area contributed by atoms with Gasteiger partial charge < -0.3 is 20.1 Å². The lowest BCUT2D eigenvalue weighted by molar-refractivity contribution is -0.147. The Bertz CT molecular complexity index is 543. The minimum Gasteiger partial charge on any atom is -0.463 e. The zero-order valence-corrected chi connectivity index (χ0v) is 17.3. The first-order valence-corrected chi connectivity index (χ1v) is 9.93. The van der Waals surface area contributed by atoms with Crippen molar-refractivity contribution in [1.82, 2.24) is 0 Å². The number of rotatable bonds is 14. The molecular formula is C23H36O5. The van der Waals surface area contributed by atoms with Crippen LogP contribution in [0.5, 0.6) is 0 Å². The Morgan fingerprint density at radius 2 is 1.43 bits per heavy atom. The Morgan fingerprint density at radius 3 is 2.04 bits per heavy atom. The molecule has 0 fully saturated rings. The van der Waals surface area contributed by atoms with Gasteiger partial charge in [-0.25, -0.2) is 0 Å². The Balaban J connectivity index is 3.97. The summed E-state index contributed by atoms with van der Waals surface area (Å²) in [7, 11) is 0. The third-order valence-corrected chi connectivity index (χ3v) is 3.62. The van der Waals surface area contributed by atoms with Crippen molar-refractivity contribution in [3.8, 4) is 0 Å². The largest absolute Gasteiger partial charge is 0.463 e. The fraction of sp³-hybridized carbons (Fsp3) is 0.522. The van der Waals surface area contributed by atoms with Gasteiger partial charge in [-0.3, -0.25) is 4.79 Å². The molecule has 0 aliphatic rings. The van der Waals surface area contributed by atoms with Crippen LogP contribution in [0.3, 0.4) is 0 Å². The highest BCUT2D eigenvalue weighted by Crippen LogP contribution is 2.05. The minimum absolute atomic E-state index is 0.110. The molecule has 0 radical (unpaired) electrons. The van der Waals surface area contributed by atoms with E-state index in [1.165, 1.54) is 0 Å². The predicted octanol–water partition coefficient (Wildman–Crippen LogP) is 3.77. The Kier molecular flexibility index (Phi) is 16.0. The summed E-state index contributed by atoms with van der Waals surface area (Å²) < 4.78 is 5.03. The third-order valence-electron chi connectivity index (χ3n) is 3.62. The standard InChI is InChI=1S/C23H36O5/c1-4-20(24)13-10-7-11-16-21(25)14-8-5-6-9-15-22(26)17-12-18-23(27)28-19(2)3/h5-11,13-15,19-22,24-26H,4,12,16-18H2,1-3H3/b6-5+,11-7-,13-10+,14-8+,15-9-. The molecule has 0 bridgehead atoms. The summed E-state index contributed by atoms with van der Waals surface area (Å²) in [6.07, 6.45) is 18.3. The van der Waals surface area contributed by atoms with Crippen molar-refractivity contribution in [2.75, 3.05) is 0 Å². The summed E-state index contributed by atoms with van der Waals surface area (Å²) in [4.78, 5) is 11.4. The molecule has 0 rings (SSSR count). The SMILES string of the molecule is CCC(O)/C=C/C=C\CC(O)/C=C/C=C/C=C\C(O)CCCC(=O)OC(C)C. The topological polar surface area (TPSA) is 87.0 Å². The first-order valence-electron chi connectivity index (χ1n) is 9.93. The Hall–Kier alpha value is -1.95. The molecule has 0 aromatic rings. The van der Waals surface area contributed by atoms with E-state index in [1.807, 2.05) is 26.8 Å². The first-order chi connectivity index (χ1) is 13.3. The molecule has 0 heterocycles. The zero-order valence-electron chi connectivity index (χ0n) is 17.3. The molecule has 0 spiro atoms. The summed E-state index contributed by atoms with van der Waals surface area (Å²) in [5.74, 6) is -0.237. The molecule has 0 saturated carbocycles. The molecule has 0 aromatic carbocycles. The Labute approximate surface area is 169 Å². The molecule has 3 atom stereocenters. The number of hydrogen-bond donors (Lipinski definition) is 3. The van der Waals surface area contributed by atoms with Crippen LogP contribution in [0.2, 0.25) is 0 Å². The number of aliphatic hydroxyl groups is 3. The van der Waals surface area contributed by atoms with Gasteiger partial charge in [0, 0.05) is 6.42 Å². The van der Waals surface area contributed by atoms with Crippen LogP contribution >= 0.6 is 0 Å². The average Bonchev–Trinajstić information content (AvgIpc) is 2.63. The lowest BCUT2D eigenvalue weighted by Gasteiger charge is -2.08. The monoisotopic (exact) mass is 392 g/mol. The minimum atomic E-state index is -0.601. The second-order valence-electron chi connectivity index (χ2n) is 6.74. The Morgan fingerprint density at radius 1 is 0.857 bits per heavy atom. The van der Waals surface area contributed by atoms with Crippen LogP contribution in [0, 0.1) is 0 Å². The lowest BCUT2D eigenvalue weighted by Crippen LogP contribution is -2.12. The van der Waals surface area contributed by atoms with Crippen molar-refractivity contribution in [2.45, 2.75) is 77.3 Å². The van der Waals surface area contributed by atoms with Crippen LogP contribution in [0.25, 0.3) is 0 Å². The van der Waals surface area contributed by atoms with Crippen molar-refractivity contribution >= 4 is 5.97 Å². The van der Waals surface area contributed by atoms with Gasteiger partial charge in [0.1, 0.15) is 0 Å². The fourth-order valence-electron chi connectivity index (χ4n) is 2.09. The summed E-state index contributed by atoms with van der Waals surface area (Å²) in [5.41, 5.74) is 0. The summed E-state index contributed by atoms with van der Waals surface area (Å²) in [6, 6.07) is 0. The van der Waals surface area contributed by atoms with Crippen LogP contribution in [-0.4, -0.2) is 45.7 Å². The van der Waals surface area contributed by atoms with Crippen molar-refractivity contribution in [2.24, 2.45) is 0 Å². The summed E-state index contributed by atoms with van der Waals surface area (Å²) >= 11 is 0. The third kappa shape index (κ3) is 17.5. The maximum atomic E-state index is 11.4. The number of aliphatic hydroxyl groups excluding tert-OH is 3. The molecule has 0 aliphatic carbocycles. The number of hydrogen-bond acceptors (Lipinski definition) is 5. The highest BCUT2D eigenvalue weighted by atomic mass is 16.5. The molecule has 28 heavy (non-hydrogen) atoms. The van der Waals surface area contributed by atoms with Gasteiger partial charge in [0.05, 0.1) is 24.4 Å². The van der Waals surface area contributed by atoms with Crippen molar-refractivity contribution in [1.29, 1.82) is 0 Å². The average molecular weight is 393 g/mol. The van der Waals surface area contributed by atoms with Gasteiger partial charge in [0.25, 0.3) is 0 Å². The van der Waals surface area contributed by atoms with Crippen LogP contribution in [0.15, 0.2) is 60.8 Å². The molecule has 5 nitrogen and oxygen atoms in total. The highest BCUT2D eigenvalue weighted by Gasteiger charge is 2.06. The van der Waals surface area contributed by atoms with E-state index in [1.54, 1.807) is 54.7 Å². The molecule has 0 saturated heterocycles. The molecule has 5 heteroatoms. The first kappa shape index (κ1) is 26.1. The van der Waals surface area contributed by atoms with Gasteiger partial charge in [-0.2, -0.15) is 0 Å². The van der Waals surface area contributed by atoms with E-state index in [2.05, 4.69) is 0 Å². The van der Waals surface area contributed by atoms with Crippen LogP contribution in [0.1, 0.15) is 52.9 Å². The lowest BCUT2D eigenvalue weighted by atomic mass is 10.1. The van der Waals surface area contributed by atoms with E-state index in [9.17, 15) is 20.1 Å². The van der Waals surface area contributed by atoms with E-state index in [0.29, 0.717) is 32.1 Å². The van der Waals surface area contributed by atoms with Crippen molar-refractivity contribution in [3.05, 3.63) is 60.8 Å². The van der Waals surface area contributed by atoms with Gasteiger partial charge >= 0.3 is 5.97 Å². The second-order valence-corrected chi connectivity index (χ2v) is 6.74. The molecule has 0 amide bonds. The van der Waals surface area contributed by atoms with E-state index in [-0.39, 0.29) is 12.1 Å². The number of ether oxygens (including phenoxy) is 1. The van der Waals surface area contributed by atoms with Crippen LogP contribution < -0.4 is 0 Å². The number of carbonyl (C=O) groups excluding carboxylic acids is 1. The highest BCUT2D eigenvalue weighted by molar-refractivity contribution is 5.69. The molecule has 0 aliphatic heterocycles. The second kappa shape index (κ2) is 17.2. The quantitative estimate of drug-likeness (QED) is 0.309. The number of carbonyl (C=O) groups is 1. The molecule has 158 valence electrons. The molecular weight excluding hydrogens is 356 g/mol. The van der Waals surface area contributed by atoms with Crippen molar-refractivity contribution < 1.29 is 24.9 Å². The predicted molar refractivity (Wildman–Crippen MR) is 114 cm³/mol. The zero-order chi connectivity index (χ0) is 21.2. The van der Waals surface area contributed by atoms with Crippen LogP contribution in [0.4, 0.5) is 0 Å². The van der Waals surface area contributed by atoms with Crippen molar-refractivity contribution in [3.63, 3.8) is 0 Å². The van der Waals surface area contributed by atoms with Crippen LogP contribution in [-0.2, 0) is 9.53 Å². The molecule has 0 aromatic heterocycles. The maximum Gasteiger partial charge on any atom is 0.306 e. The van der Waals surface area contributed by atoms with E-state index >= 15 is 0 Å². The normalized spacial score (nSPS) is 16.2. The molecule has 3 N–H and O–H groups in total. The van der Waals surface area contributed by atoms with Gasteiger partial charge in [0.2, 0.25) is 0 Å². The van der Waals surface area contributed by atoms with Gasteiger partial charge in [-0.1, -0.05) is 67.7 Å². The van der Waals surface area contributed by atoms with Gasteiger partial charge in [-0.15, -0.1) is 0 Å². The fourth-order valence-corrected chi connectivity index (χ4v) is 2.09. The summed E-state index contributed by atoms with van der Waals surface area (Å²) in [6.45, 7) is 5.53. The van der Waals surface area contributed by atoms with Gasteiger partial charge in [-0.05, 0) is 39.5 Å². The number of esters is 1. The van der Waals surface area contributed by atoms with E-state index < -0.39 is 18.3 Å². The maximum absolute atomic E-state index is 11.4. The smallest absolute Gasteiger partial charge is 0.306 e.